The van der Waals surface area contributed by atoms with E-state index in [1.54, 1.807) is 0 Å². The lowest BCUT2D eigenvalue weighted by atomic mass is 10.1. The van der Waals surface area contributed by atoms with Crippen molar-refractivity contribution in [3.05, 3.63) is 23.5 Å². The maximum absolute atomic E-state index is 4.21. The Morgan fingerprint density at radius 1 is 1.54 bits per heavy atom. The van der Waals surface area contributed by atoms with Crippen LogP contribution in [0.4, 0.5) is 5.82 Å². The molecule has 2 aliphatic rings. The van der Waals surface area contributed by atoms with E-state index in [1.807, 2.05) is 24.5 Å². The summed E-state index contributed by atoms with van der Waals surface area (Å²) in [5.74, 6) is 1.08. The molecule has 0 fully saturated rings. The Morgan fingerprint density at radius 3 is 3.38 bits per heavy atom. The van der Waals surface area contributed by atoms with Gasteiger partial charge in [0.05, 0.1) is 11.9 Å². The van der Waals surface area contributed by atoms with Crippen LogP contribution in [0.15, 0.2) is 23.1 Å². The van der Waals surface area contributed by atoms with Crippen LogP contribution in [0.5, 0.6) is 0 Å². The van der Waals surface area contributed by atoms with Crippen molar-refractivity contribution in [2.75, 3.05) is 12.4 Å². The summed E-state index contributed by atoms with van der Waals surface area (Å²) < 4.78 is 0. The minimum atomic E-state index is 0.233. The highest BCUT2D eigenvalue weighted by Crippen LogP contribution is 2.28. The van der Waals surface area contributed by atoms with E-state index >= 15 is 0 Å². The van der Waals surface area contributed by atoms with E-state index < -0.39 is 0 Å². The zero-order valence-corrected chi connectivity index (χ0v) is 7.28. The van der Waals surface area contributed by atoms with Crippen molar-refractivity contribution in [3.63, 3.8) is 0 Å². The lowest BCUT2D eigenvalue weighted by molar-refractivity contribution is 0.464. The Balaban J connectivity index is 2.12. The molecule has 1 unspecified atom stereocenters. The van der Waals surface area contributed by atoms with Gasteiger partial charge in [0.25, 0.3) is 0 Å². The molecule has 66 valence electrons. The van der Waals surface area contributed by atoms with Gasteiger partial charge in [0.15, 0.2) is 0 Å². The smallest absolute Gasteiger partial charge is 0.111 e. The highest BCUT2D eigenvalue weighted by atomic mass is 15.5. The number of nitrogens with one attached hydrogen (secondary N) is 2. The molecule has 0 bridgehead atoms. The fourth-order valence-corrected chi connectivity index (χ4v) is 1.75. The molecule has 13 heavy (non-hydrogen) atoms. The van der Waals surface area contributed by atoms with Crippen LogP contribution in [0.2, 0.25) is 0 Å². The van der Waals surface area contributed by atoms with Gasteiger partial charge in [0, 0.05) is 18.8 Å². The number of hydrazone groups is 1. The van der Waals surface area contributed by atoms with Crippen molar-refractivity contribution in [3.8, 4) is 0 Å². The van der Waals surface area contributed by atoms with E-state index in [9.17, 15) is 0 Å². The molecule has 0 aliphatic carbocycles. The molecule has 1 atom stereocenters. The van der Waals surface area contributed by atoms with Gasteiger partial charge in [-0.1, -0.05) is 0 Å². The van der Waals surface area contributed by atoms with Gasteiger partial charge in [-0.3, -0.25) is 5.01 Å². The van der Waals surface area contributed by atoms with Gasteiger partial charge in [-0.2, -0.15) is 5.10 Å². The van der Waals surface area contributed by atoms with E-state index in [1.165, 1.54) is 11.3 Å². The summed E-state index contributed by atoms with van der Waals surface area (Å²) in [7, 11) is 1.96. The third-order valence-electron chi connectivity index (χ3n) is 2.46. The van der Waals surface area contributed by atoms with Crippen molar-refractivity contribution >= 4 is 18.1 Å². The molecular weight excluding hydrogens is 164 g/mol. The Labute approximate surface area is 75.9 Å². The summed E-state index contributed by atoms with van der Waals surface area (Å²) in [5, 5.41) is 9.46. The second-order valence-corrected chi connectivity index (χ2v) is 3.29. The standard InChI is InChI=1S/C9H10N4/c1-13-8-4-6-2-3-10-9(6)12-7(8)5-11-13/h2-5,7,10,12H,1H3. The van der Waals surface area contributed by atoms with E-state index in [0.29, 0.717) is 0 Å². The quantitative estimate of drug-likeness (QED) is 0.618. The molecule has 1 aromatic rings. The average Bonchev–Trinajstić information content (AvgIpc) is 2.70. The van der Waals surface area contributed by atoms with Gasteiger partial charge >= 0.3 is 0 Å². The first-order valence-corrected chi connectivity index (χ1v) is 4.28. The topological polar surface area (TPSA) is 43.4 Å². The number of anilines is 1. The van der Waals surface area contributed by atoms with Crippen LogP contribution in [-0.4, -0.2) is 29.3 Å². The Bertz CT molecular complexity index is 402. The predicted molar refractivity (Wildman–Crippen MR) is 52.4 cm³/mol. The summed E-state index contributed by atoms with van der Waals surface area (Å²) in [4.78, 5) is 3.15. The van der Waals surface area contributed by atoms with Crippen LogP contribution >= 0.6 is 0 Å². The van der Waals surface area contributed by atoms with Crippen molar-refractivity contribution in [2.24, 2.45) is 5.10 Å². The van der Waals surface area contributed by atoms with E-state index in [0.717, 1.165) is 5.82 Å². The van der Waals surface area contributed by atoms with Crippen molar-refractivity contribution in [1.82, 2.24) is 9.99 Å². The third-order valence-corrected chi connectivity index (χ3v) is 2.46. The van der Waals surface area contributed by atoms with Gasteiger partial charge in [-0.15, -0.1) is 0 Å². The Hall–Kier alpha value is -1.71. The molecule has 0 spiro atoms. The number of hydrogen-bond acceptors (Lipinski definition) is 3. The third kappa shape index (κ3) is 0.824. The largest absolute Gasteiger partial charge is 0.358 e. The summed E-state index contributed by atoms with van der Waals surface area (Å²) in [6, 6.07) is 2.29. The first-order valence-electron chi connectivity index (χ1n) is 4.28. The zero-order valence-electron chi connectivity index (χ0n) is 7.28. The number of aromatic nitrogens is 1. The number of hydrogen-bond donors (Lipinski definition) is 2. The molecule has 0 radical (unpaired) electrons. The van der Waals surface area contributed by atoms with Crippen LogP contribution < -0.4 is 5.32 Å². The first-order chi connectivity index (χ1) is 6.34. The molecule has 0 saturated carbocycles. The molecular formula is C9H10N4. The predicted octanol–water partition coefficient (Wildman–Crippen LogP) is 1.08. The zero-order chi connectivity index (χ0) is 8.84. The van der Waals surface area contributed by atoms with Gasteiger partial charge in [-0.05, 0) is 12.1 Å². The van der Waals surface area contributed by atoms with Gasteiger partial charge in [0.1, 0.15) is 11.9 Å². The van der Waals surface area contributed by atoms with Crippen molar-refractivity contribution in [1.29, 1.82) is 0 Å². The number of rotatable bonds is 0. The second-order valence-electron chi connectivity index (χ2n) is 3.29. The number of H-pyrrole nitrogens is 1. The van der Waals surface area contributed by atoms with Crippen LogP contribution in [0, 0.1) is 0 Å². The minimum Gasteiger partial charge on any atom is -0.358 e. The van der Waals surface area contributed by atoms with Gasteiger partial charge < -0.3 is 10.3 Å². The average molecular weight is 174 g/mol. The molecule has 3 heterocycles. The summed E-state index contributed by atoms with van der Waals surface area (Å²) in [6.07, 6.45) is 6.00. The van der Waals surface area contributed by atoms with E-state index in [4.69, 9.17) is 0 Å². The molecule has 1 aromatic heterocycles. The Morgan fingerprint density at radius 2 is 2.46 bits per heavy atom. The highest BCUT2D eigenvalue weighted by Gasteiger charge is 2.26. The summed E-state index contributed by atoms with van der Waals surface area (Å²) >= 11 is 0. The lowest BCUT2D eigenvalue weighted by Crippen LogP contribution is -2.27. The van der Waals surface area contributed by atoms with Crippen LogP contribution in [-0.2, 0) is 0 Å². The number of likely N-dealkylation sites (N-methyl/N-ethyl adjacent to an activating group) is 1. The van der Waals surface area contributed by atoms with Gasteiger partial charge in [0.2, 0.25) is 0 Å². The molecule has 2 N–H and O–H groups in total. The summed E-state index contributed by atoms with van der Waals surface area (Å²) in [5.41, 5.74) is 2.40. The number of aromatic amines is 1. The first kappa shape index (κ1) is 6.77. The molecule has 4 nitrogen and oxygen atoms in total. The monoisotopic (exact) mass is 174 g/mol. The highest BCUT2D eigenvalue weighted by molar-refractivity contribution is 5.84. The van der Waals surface area contributed by atoms with E-state index in [2.05, 4.69) is 27.5 Å². The fourth-order valence-electron chi connectivity index (χ4n) is 1.75. The Kier molecular flexibility index (Phi) is 1.12. The van der Waals surface area contributed by atoms with Crippen molar-refractivity contribution < 1.29 is 0 Å². The van der Waals surface area contributed by atoms with Crippen LogP contribution in [0.3, 0.4) is 0 Å². The maximum atomic E-state index is 4.21. The molecule has 0 aromatic carbocycles. The molecule has 4 heteroatoms. The molecule has 0 saturated heterocycles. The lowest BCUT2D eigenvalue weighted by Gasteiger charge is -2.21. The SMILES string of the molecule is CN1N=CC2Nc3[nH]ccc3C=C21. The van der Waals surface area contributed by atoms with Crippen molar-refractivity contribution in [2.45, 2.75) is 6.04 Å². The number of nitrogens with zero attached hydrogens (tertiary/aromatic N) is 2. The maximum Gasteiger partial charge on any atom is 0.111 e. The molecule has 2 aliphatic heterocycles. The number of fused-ring (bicyclic) bond motifs is 2. The summed E-state index contributed by atoms with van der Waals surface area (Å²) in [6.45, 7) is 0. The molecule has 3 rings (SSSR count). The normalized spacial score (nSPS) is 23.6. The minimum absolute atomic E-state index is 0.233. The fraction of sp³-hybridized carbons (Fsp3) is 0.222. The van der Waals surface area contributed by atoms with Crippen LogP contribution in [0.25, 0.3) is 6.08 Å². The van der Waals surface area contributed by atoms with Crippen LogP contribution in [0.1, 0.15) is 5.56 Å². The van der Waals surface area contributed by atoms with E-state index in [-0.39, 0.29) is 6.04 Å². The molecule has 0 amide bonds. The second kappa shape index (κ2) is 2.16. The van der Waals surface area contributed by atoms with Gasteiger partial charge in [-0.25, -0.2) is 0 Å².